The molecule has 0 aliphatic heterocycles. The van der Waals surface area contributed by atoms with Crippen molar-refractivity contribution in [2.24, 2.45) is 5.10 Å². The Kier molecular flexibility index (Phi) is 15.1. The Morgan fingerprint density at radius 2 is 1.59 bits per heavy atom. The number of amides is 1. The van der Waals surface area contributed by atoms with Crippen LogP contribution >= 0.6 is 23.2 Å². The molecule has 1 heterocycles. The van der Waals surface area contributed by atoms with E-state index in [0.717, 1.165) is 13.8 Å². The maximum Gasteiger partial charge on any atom is 2.00 e. The molecule has 0 spiro atoms. The van der Waals surface area contributed by atoms with Gasteiger partial charge in [-0.25, -0.2) is 5.43 Å². The Morgan fingerprint density at radius 1 is 1.10 bits per heavy atom. The molecule has 1 amide bonds. The molecule has 0 aliphatic carbocycles. The fourth-order valence-electron chi connectivity index (χ4n) is 1.42. The van der Waals surface area contributed by atoms with Crippen LogP contribution < -0.4 is 15.6 Å². The van der Waals surface area contributed by atoms with Crippen LogP contribution in [-0.4, -0.2) is 34.2 Å². The van der Waals surface area contributed by atoms with Crippen molar-refractivity contribution >= 4 is 47.3 Å². The molecule has 0 saturated heterocycles. The smallest absolute Gasteiger partial charge is 0.592 e. The predicted octanol–water partition coefficient (Wildman–Crippen LogP) is 0.100. The summed E-state index contributed by atoms with van der Waals surface area (Å²) in [7, 11) is 0. The predicted molar refractivity (Wildman–Crippen MR) is 100 cm³/mol. The van der Waals surface area contributed by atoms with E-state index in [1.807, 2.05) is 0 Å². The Hall–Kier alpha value is -2.65. The van der Waals surface area contributed by atoms with Gasteiger partial charge in [-0.3, -0.25) is 9.78 Å². The summed E-state index contributed by atoms with van der Waals surface area (Å²) in [5.74, 6) is -2.44. The SMILES string of the molecule is CC(=O)[O-].CC(=O)[O-].O=C(N/N=C/c1cc(Cl)cc(Cl)c1[OH2+])c1ccncc1.[Mn+2]. The molecule has 0 unspecified atom stereocenters. The van der Waals surface area contributed by atoms with Gasteiger partial charge in [0.2, 0.25) is 0 Å². The maximum absolute atomic E-state index is 11.7. The van der Waals surface area contributed by atoms with Crippen molar-refractivity contribution < 1.29 is 46.8 Å². The zero-order valence-corrected chi connectivity index (χ0v) is 17.8. The molecule has 0 fully saturated rings. The average molecular weight is 484 g/mol. The third kappa shape index (κ3) is 14.1. The number of aliphatic carboxylic acids is 2. The molecule has 2 rings (SSSR count). The molecule has 1 aromatic heterocycles. The third-order valence-electron chi connectivity index (χ3n) is 2.40. The minimum atomic E-state index is -1.08. The minimum Gasteiger partial charge on any atom is -0.592 e. The van der Waals surface area contributed by atoms with E-state index in [9.17, 15) is 4.79 Å². The van der Waals surface area contributed by atoms with Crippen LogP contribution in [0.15, 0.2) is 41.8 Å². The Morgan fingerprint density at radius 3 is 2.07 bits per heavy atom. The number of hydrogen-bond donors (Lipinski definition) is 1. The van der Waals surface area contributed by atoms with Gasteiger partial charge in [0.05, 0.1) is 11.8 Å². The van der Waals surface area contributed by atoms with E-state index < -0.39 is 11.9 Å². The van der Waals surface area contributed by atoms with Gasteiger partial charge < -0.3 is 24.9 Å². The van der Waals surface area contributed by atoms with Crippen molar-refractivity contribution in [1.29, 1.82) is 0 Å². The van der Waals surface area contributed by atoms with E-state index in [1.165, 1.54) is 30.7 Å². The zero-order chi connectivity index (χ0) is 21.7. The van der Waals surface area contributed by atoms with E-state index in [4.69, 9.17) is 48.1 Å². The van der Waals surface area contributed by atoms with E-state index >= 15 is 0 Å². The molecule has 3 N–H and O–H groups in total. The van der Waals surface area contributed by atoms with Crippen LogP contribution in [0.5, 0.6) is 5.75 Å². The number of aromatic nitrogens is 1. The molecule has 1 radical (unpaired) electrons. The fraction of sp³-hybridized carbons (Fsp3) is 0.118. The summed E-state index contributed by atoms with van der Waals surface area (Å²) >= 11 is 11.7. The quantitative estimate of drug-likeness (QED) is 0.282. The van der Waals surface area contributed by atoms with Crippen molar-refractivity contribution in [3.63, 3.8) is 0 Å². The van der Waals surface area contributed by atoms with Crippen LogP contribution in [0.3, 0.4) is 0 Å². The first-order chi connectivity index (χ1) is 13.0. The molecule has 1 aromatic carbocycles. The molecule has 29 heavy (non-hydrogen) atoms. The van der Waals surface area contributed by atoms with Gasteiger partial charge in [0.15, 0.2) is 0 Å². The van der Waals surface area contributed by atoms with Crippen molar-refractivity contribution in [3.8, 4) is 5.75 Å². The molecule has 12 heteroatoms. The van der Waals surface area contributed by atoms with Crippen LogP contribution in [-0.2, 0) is 26.7 Å². The maximum atomic E-state index is 11.7. The number of rotatable bonds is 3. The average Bonchev–Trinajstić information content (AvgIpc) is 2.58. The number of hydrazone groups is 1. The largest absolute Gasteiger partial charge is 2.00 e. The first kappa shape index (κ1) is 28.6. The number of hydrogen-bond acceptors (Lipinski definition) is 7. The summed E-state index contributed by atoms with van der Waals surface area (Å²) in [4.78, 5) is 33.3. The number of nitrogens with one attached hydrogen (secondary N) is 1. The van der Waals surface area contributed by atoms with Gasteiger partial charge in [0, 0.05) is 34.9 Å². The van der Waals surface area contributed by atoms with Gasteiger partial charge in [0.25, 0.3) is 11.7 Å². The number of nitrogens with zero attached hydrogens (tertiary/aromatic N) is 2. The number of carbonyl (C=O) groups is 3. The number of benzene rings is 1. The van der Waals surface area contributed by atoms with Gasteiger partial charge in [-0.05, 0) is 38.1 Å². The van der Waals surface area contributed by atoms with E-state index in [-0.39, 0.29) is 33.7 Å². The zero-order valence-electron chi connectivity index (χ0n) is 15.1. The van der Waals surface area contributed by atoms with Gasteiger partial charge in [0.1, 0.15) is 5.02 Å². The second kappa shape index (κ2) is 15.3. The Labute approximate surface area is 186 Å². The monoisotopic (exact) mass is 483 g/mol. The van der Waals surface area contributed by atoms with Gasteiger partial charge in [-0.15, -0.1) is 0 Å². The summed E-state index contributed by atoms with van der Waals surface area (Å²) in [6.45, 7) is 1.94. The molecule has 155 valence electrons. The molecule has 9 nitrogen and oxygen atoms in total. The van der Waals surface area contributed by atoms with Gasteiger partial charge in [-0.2, -0.15) is 5.10 Å². The minimum absolute atomic E-state index is 0. The Balaban J connectivity index is 0. The standard InChI is InChI=1S/C13H9Cl2N3O2.2C2H4O2.Mn/c14-10-5-9(12(19)11(15)6-10)7-17-18-13(20)8-1-3-16-4-2-8;2*1-2(3)4;/h1-7,19H,(H,18,20);2*1H3,(H,3,4);/q;;;+2/p-1/b17-7+;;;. The van der Waals surface area contributed by atoms with Gasteiger partial charge in [-0.1, -0.05) is 23.2 Å². The summed E-state index contributed by atoms with van der Waals surface area (Å²) in [5.41, 5.74) is 3.20. The van der Waals surface area contributed by atoms with Crippen LogP contribution in [0.2, 0.25) is 10.0 Å². The fourth-order valence-corrected chi connectivity index (χ4v) is 1.93. The van der Waals surface area contributed by atoms with Crippen molar-refractivity contribution in [2.75, 3.05) is 0 Å². The van der Waals surface area contributed by atoms with Crippen LogP contribution in [0.4, 0.5) is 0 Å². The number of carboxylic acids is 2. The number of halogens is 2. The van der Waals surface area contributed by atoms with E-state index in [2.05, 4.69) is 15.5 Å². The molecule has 2 aromatic rings. The normalized spacial score (nSPS) is 9.10. The van der Waals surface area contributed by atoms with Crippen LogP contribution in [0, 0.1) is 0 Å². The molecular formula is C17H16Cl2MnN3O6+. The summed E-state index contributed by atoms with van der Waals surface area (Å²) in [6, 6.07) is 6.14. The molecule has 0 bridgehead atoms. The summed E-state index contributed by atoms with van der Waals surface area (Å²) in [5, 5.41) is 29.9. The Bertz CT molecular complexity index is 831. The molecule has 0 saturated carbocycles. The first-order valence-electron chi connectivity index (χ1n) is 7.33. The number of carboxylic acid groups (broad SMARTS) is 2. The second-order valence-electron chi connectivity index (χ2n) is 4.77. The first-order valence-corrected chi connectivity index (χ1v) is 8.09. The second-order valence-corrected chi connectivity index (χ2v) is 5.61. The topological polar surface area (TPSA) is 158 Å². The molecule has 0 atom stereocenters. The summed E-state index contributed by atoms with van der Waals surface area (Å²) < 4.78 is 0. The van der Waals surface area contributed by atoms with Crippen LogP contribution in [0.1, 0.15) is 29.8 Å². The van der Waals surface area contributed by atoms with Crippen molar-refractivity contribution in [2.45, 2.75) is 13.8 Å². The van der Waals surface area contributed by atoms with Crippen LogP contribution in [0.25, 0.3) is 0 Å². The van der Waals surface area contributed by atoms with E-state index in [0.29, 0.717) is 16.1 Å². The third-order valence-corrected chi connectivity index (χ3v) is 2.91. The molecule has 0 aliphatic rings. The van der Waals surface area contributed by atoms with E-state index in [1.54, 1.807) is 12.1 Å². The van der Waals surface area contributed by atoms with Gasteiger partial charge >= 0.3 is 17.1 Å². The number of carbonyl (C=O) groups excluding carboxylic acids is 3. The van der Waals surface area contributed by atoms with Crippen molar-refractivity contribution in [3.05, 3.63) is 57.8 Å². The number of pyridine rings is 1. The summed E-state index contributed by atoms with van der Waals surface area (Å²) in [6.07, 6.45) is 4.34. The molecular weight excluding hydrogens is 468 g/mol. The van der Waals surface area contributed by atoms with Crippen molar-refractivity contribution in [1.82, 2.24) is 10.4 Å².